The summed E-state index contributed by atoms with van der Waals surface area (Å²) in [5.41, 5.74) is 1.58. The van der Waals surface area contributed by atoms with Crippen LogP contribution in [0, 0.1) is 23.2 Å². The van der Waals surface area contributed by atoms with Crippen LogP contribution < -0.4 is 5.32 Å². The molecule has 0 bridgehead atoms. The van der Waals surface area contributed by atoms with E-state index in [0.29, 0.717) is 5.54 Å². The third kappa shape index (κ3) is 0.796. The summed E-state index contributed by atoms with van der Waals surface area (Å²) in [6, 6.07) is 0. The van der Waals surface area contributed by atoms with Crippen molar-refractivity contribution < 1.29 is 0 Å². The largest absolute Gasteiger partial charge is 0.311 e. The highest BCUT2D eigenvalue weighted by Gasteiger charge is 2.83. The van der Waals surface area contributed by atoms with Crippen LogP contribution in [-0.2, 0) is 0 Å². The van der Waals surface area contributed by atoms with Crippen LogP contribution in [0.25, 0.3) is 0 Å². The van der Waals surface area contributed by atoms with Crippen LogP contribution in [-0.4, -0.2) is 16.5 Å². The Hall–Kier alpha value is 0.690. The van der Waals surface area contributed by atoms with Crippen molar-refractivity contribution in [2.24, 2.45) is 23.2 Å². The third-order valence-electron chi connectivity index (χ3n) is 5.63. The van der Waals surface area contributed by atoms with Crippen molar-refractivity contribution in [3.05, 3.63) is 0 Å². The average Bonchev–Trinajstić information content (AvgIpc) is 2.75. The molecule has 2 heteroatoms. The second-order valence-corrected chi connectivity index (χ2v) is 7.19. The first-order valence-corrected chi connectivity index (χ1v) is 7.64. The first kappa shape index (κ1) is 8.80. The lowest BCUT2D eigenvalue weighted by molar-refractivity contribution is -0.113. The van der Waals surface area contributed by atoms with E-state index in [4.69, 9.17) is 0 Å². The molecule has 1 spiro atoms. The molecule has 0 aliphatic heterocycles. The third-order valence-corrected chi connectivity index (χ3v) is 6.40. The van der Waals surface area contributed by atoms with E-state index in [-0.39, 0.29) is 0 Å². The monoisotopic (exact) mass is 303 g/mol. The molecule has 4 fully saturated rings. The van der Waals surface area contributed by atoms with Gasteiger partial charge in [-0.3, -0.25) is 0 Å². The average molecular weight is 303 g/mol. The lowest BCUT2D eigenvalue weighted by atomic mass is 9.45. The smallest absolute Gasteiger partial charge is 0.0223 e. The molecule has 0 aromatic heterocycles. The maximum absolute atomic E-state index is 3.91. The summed E-state index contributed by atoms with van der Waals surface area (Å²) in [7, 11) is 0. The Morgan fingerprint density at radius 3 is 2.93 bits per heavy atom. The van der Waals surface area contributed by atoms with Gasteiger partial charge >= 0.3 is 0 Å². The van der Waals surface area contributed by atoms with Gasteiger partial charge in [0.1, 0.15) is 0 Å². The molecule has 4 aliphatic rings. The standard InChI is InChI=1S/C12H18IN/c13-2-1-3-14-12-5-8-4-11(10(8)12)6-9(11)7-12/h8-10,14H,1-7H2. The predicted molar refractivity (Wildman–Crippen MR) is 65.6 cm³/mol. The Bertz CT molecular complexity index is 292. The Labute approximate surface area is 99.5 Å². The maximum atomic E-state index is 3.91. The molecular weight excluding hydrogens is 285 g/mol. The van der Waals surface area contributed by atoms with Gasteiger partial charge in [-0.2, -0.15) is 0 Å². The molecule has 0 heterocycles. The fourth-order valence-corrected chi connectivity index (χ4v) is 5.66. The van der Waals surface area contributed by atoms with Crippen LogP contribution in [0.4, 0.5) is 0 Å². The molecule has 78 valence electrons. The van der Waals surface area contributed by atoms with Gasteiger partial charge in [-0.25, -0.2) is 0 Å². The minimum atomic E-state index is 0.664. The van der Waals surface area contributed by atoms with Crippen LogP contribution in [0.1, 0.15) is 32.1 Å². The van der Waals surface area contributed by atoms with E-state index < -0.39 is 0 Å². The van der Waals surface area contributed by atoms with Gasteiger partial charge in [-0.15, -0.1) is 0 Å². The predicted octanol–water partition coefficient (Wildman–Crippen LogP) is 2.59. The lowest BCUT2D eigenvalue weighted by Crippen LogP contribution is -2.68. The molecule has 4 aliphatic carbocycles. The molecule has 1 nitrogen and oxygen atoms in total. The van der Waals surface area contributed by atoms with Crippen molar-refractivity contribution in [1.29, 1.82) is 0 Å². The van der Waals surface area contributed by atoms with E-state index in [1.54, 1.807) is 12.8 Å². The van der Waals surface area contributed by atoms with Crippen molar-refractivity contribution in [3.8, 4) is 0 Å². The second kappa shape index (κ2) is 2.50. The van der Waals surface area contributed by atoms with Crippen LogP contribution in [0.2, 0.25) is 0 Å². The van der Waals surface area contributed by atoms with E-state index >= 15 is 0 Å². The summed E-state index contributed by atoms with van der Waals surface area (Å²) in [5.74, 6) is 3.43. The van der Waals surface area contributed by atoms with E-state index in [1.807, 2.05) is 0 Å². The van der Waals surface area contributed by atoms with Gasteiger partial charge in [0.25, 0.3) is 0 Å². The van der Waals surface area contributed by atoms with Gasteiger partial charge in [0.05, 0.1) is 0 Å². The summed E-state index contributed by atoms with van der Waals surface area (Å²) in [6.07, 6.45) is 7.63. The summed E-state index contributed by atoms with van der Waals surface area (Å²) in [4.78, 5) is 0. The highest BCUT2D eigenvalue weighted by Crippen LogP contribution is 2.86. The SMILES string of the molecule is ICCCNC12CC3CC4(CC4C1)C32. The van der Waals surface area contributed by atoms with Crippen LogP contribution in [0.15, 0.2) is 0 Å². The van der Waals surface area contributed by atoms with Gasteiger partial charge in [-0.05, 0) is 61.8 Å². The minimum Gasteiger partial charge on any atom is -0.311 e. The van der Waals surface area contributed by atoms with E-state index in [1.165, 1.54) is 30.2 Å². The minimum absolute atomic E-state index is 0.664. The van der Waals surface area contributed by atoms with Gasteiger partial charge in [0, 0.05) is 9.97 Å². The zero-order valence-electron chi connectivity index (χ0n) is 8.56. The van der Waals surface area contributed by atoms with Crippen molar-refractivity contribution >= 4 is 22.6 Å². The lowest BCUT2D eigenvalue weighted by Gasteiger charge is -2.64. The molecule has 0 saturated heterocycles. The number of hydrogen-bond donors (Lipinski definition) is 1. The molecule has 0 aromatic carbocycles. The maximum Gasteiger partial charge on any atom is 0.0223 e. The fourth-order valence-electron chi connectivity index (χ4n) is 5.28. The molecule has 5 unspecified atom stereocenters. The van der Waals surface area contributed by atoms with Gasteiger partial charge in [-0.1, -0.05) is 22.6 Å². The number of nitrogens with one attached hydrogen (secondary N) is 1. The molecule has 4 saturated carbocycles. The Kier molecular flexibility index (Phi) is 1.57. The normalized spacial score (nSPS) is 61.1. The molecule has 14 heavy (non-hydrogen) atoms. The quantitative estimate of drug-likeness (QED) is 0.478. The molecular formula is C12H18IN. The number of alkyl halides is 1. The summed E-state index contributed by atoms with van der Waals surface area (Å²) >= 11 is 2.49. The Morgan fingerprint density at radius 2 is 2.14 bits per heavy atom. The van der Waals surface area contributed by atoms with Crippen LogP contribution >= 0.6 is 22.6 Å². The van der Waals surface area contributed by atoms with Crippen molar-refractivity contribution in [3.63, 3.8) is 0 Å². The van der Waals surface area contributed by atoms with Crippen molar-refractivity contribution in [1.82, 2.24) is 5.32 Å². The van der Waals surface area contributed by atoms with E-state index in [9.17, 15) is 0 Å². The fraction of sp³-hybridized carbons (Fsp3) is 1.00. The zero-order valence-corrected chi connectivity index (χ0v) is 10.7. The Morgan fingerprint density at radius 1 is 1.21 bits per heavy atom. The molecule has 4 rings (SSSR count). The van der Waals surface area contributed by atoms with Crippen molar-refractivity contribution in [2.75, 3.05) is 11.0 Å². The van der Waals surface area contributed by atoms with E-state index in [2.05, 4.69) is 27.9 Å². The summed E-state index contributed by atoms with van der Waals surface area (Å²) < 4.78 is 1.31. The van der Waals surface area contributed by atoms with Crippen molar-refractivity contribution in [2.45, 2.75) is 37.6 Å². The first-order chi connectivity index (χ1) is 6.81. The Balaban J connectivity index is 1.47. The van der Waals surface area contributed by atoms with Gasteiger partial charge < -0.3 is 5.32 Å². The number of halogens is 1. The molecule has 0 radical (unpaired) electrons. The summed E-state index contributed by atoms with van der Waals surface area (Å²) in [5, 5.41) is 3.91. The summed E-state index contributed by atoms with van der Waals surface area (Å²) in [6.45, 7) is 1.27. The molecule has 5 atom stereocenters. The van der Waals surface area contributed by atoms with Crippen LogP contribution in [0.3, 0.4) is 0 Å². The zero-order chi connectivity index (χ0) is 9.39. The number of rotatable bonds is 4. The van der Waals surface area contributed by atoms with Gasteiger partial charge in [0.2, 0.25) is 0 Å². The van der Waals surface area contributed by atoms with E-state index in [0.717, 1.165) is 23.2 Å². The number of hydrogen-bond acceptors (Lipinski definition) is 1. The highest BCUT2D eigenvalue weighted by molar-refractivity contribution is 14.1. The van der Waals surface area contributed by atoms with Crippen LogP contribution in [0.5, 0.6) is 0 Å². The molecule has 1 N–H and O–H groups in total. The highest BCUT2D eigenvalue weighted by atomic mass is 127. The molecule has 0 aromatic rings. The molecule has 0 amide bonds. The second-order valence-electron chi connectivity index (χ2n) is 6.11. The first-order valence-electron chi connectivity index (χ1n) is 6.12. The van der Waals surface area contributed by atoms with Gasteiger partial charge in [0.15, 0.2) is 0 Å². The topological polar surface area (TPSA) is 12.0 Å².